The van der Waals surface area contributed by atoms with E-state index < -0.39 is 5.91 Å². The molecule has 20 heavy (non-hydrogen) atoms. The summed E-state index contributed by atoms with van der Waals surface area (Å²) in [6.45, 7) is 0.793. The van der Waals surface area contributed by atoms with Gasteiger partial charge in [-0.05, 0) is 19.2 Å². The van der Waals surface area contributed by atoms with Crippen LogP contribution in [-0.2, 0) is 13.1 Å². The minimum Gasteiger partial charge on any atom is -0.467 e. The van der Waals surface area contributed by atoms with E-state index in [4.69, 9.17) is 10.3 Å². The number of benzene rings is 1. The predicted octanol–water partition coefficient (Wildman–Crippen LogP) is 1.65. The number of hydrogen-bond acceptors (Lipinski definition) is 4. The van der Waals surface area contributed by atoms with Gasteiger partial charge in [-0.3, -0.25) is 15.1 Å². The lowest BCUT2D eigenvalue weighted by Crippen LogP contribution is -2.31. The fourth-order valence-electron chi connectivity index (χ4n) is 1.96. The Balaban J connectivity index is 2.05. The summed E-state index contributed by atoms with van der Waals surface area (Å²) in [6.07, 6.45) is 1.43. The maximum Gasteiger partial charge on any atom is 0.268 e. The highest BCUT2D eigenvalue weighted by Gasteiger charge is 2.15. The zero-order valence-corrected chi connectivity index (χ0v) is 11.1. The summed E-state index contributed by atoms with van der Waals surface area (Å²) in [5, 5.41) is 0. The molecule has 0 bridgehead atoms. The van der Waals surface area contributed by atoms with Crippen molar-refractivity contribution in [2.45, 2.75) is 13.1 Å². The van der Waals surface area contributed by atoms with Crippen molar-refractivity contribution in [1.82, 2.24) is 10.3 Å². The van der Waals surface area contributed by atoms with Crippen molar-refractivity contribution in [2.24, 2.45) is 5.84 Å². The van der Waals surface area contributed by atoms with Gasteiger partial charge in [0.25, 0.3) is 5.91 Å². The van der Waals surface area contributed by atoms with Crippen LogP contribution in [0.2, 0.25) is 0 Å². The fraction of sp³-hybridized carbons (Fsp3) is 0.214. The van der Waals surface area contributed by atoms with Crippen LogP contribution < -0.4 is 11.3 Å². The molecule has 2 rings (SSSR count). The topological polar surface area (TPSA) is 71.5 Å². The van der Waals surface area contributed by atoms with Gasteiger partial charge in [-0.25, -0.2) is 10.2 Å². The molecule has 0 radical (unpaired) electrons. The molecule has 0 unspecified atom stereocenters. The van der Waals surface area contributed by atoms with Gasteiger partial charge < -0.3 is 4.42 Å². The number of hydrazine groups is 1. The van der Waals surface area contributed by atoms with Gasteiger partial charge in [0.1, 0.15) is 11.6 Å². The van der Waals surface area contributed by atoms with Crippen LogP contribution in [0.15, 0.2) is 41.0 Å². The Morgan fingerprint density at radius 1 is 1.35 bits per heavy atom. The molecular weight excluding hydrogens is 261 g/mol. The molecule has 0 atom stereocenters. The Kier molecular flexibility index (Phi) is 4.49. The summed E-state index contributed by atoms with van der Waals surface area (Å²) < 4.78 is 18.8. The molecule has 0 saturated heterocycles. The van der Waals surface area contributed by atoms with Crippen LogP contribution in [0.5, 0.6) is 0 Å². The first kappa shape index (κ1) is 14.2. The van der Waals surface area contributed by atoms with Gasteiger partial charge >= 0.3 is 0 Å². The highest BCUT2D eigenvalue weighted by Crippen LogP contribution is 2.15. The van der Waals surface area contributed by atoms with Crippen LogP contribution in [0.4, 0.5) is 4.39 Å². The molecular formula is C14H16FN3O2. The number of nitrogen functional groups attached to an aromatic ring is 1. The van der Waals surface area contributed by atoms with Crippen LogP contribution in [0, 0.1) is 5.82 Å². The number of rotatable bonds is 5. The second-order valence-electron chi connectivity index (χ2n) is 4.49. The molecule has 6 heteroatoms. The van der Waals surface area contributed by atoms with Gasteiger partial charge in [0, 0.05) is 12.1 Å². The van der Waals surface area contributed by atoms with Gasteiger partial charge in [-0.15, -0.1) is 0 Å². The molecule has 0 fully saturated rings. The van der Waals surface area contributed by atoms with E-state index >= 15 is 0 Å². The van der Waals surface area contributed by atoms with Crippen molar-refractivity contribution in [3.63, 3.8) is 0 Å². The van der Waals surface area contributed by atoms with Crippen LogP contribution in [0.3, 0.4) is 0 Å². The molecule has 3 N–H and O–H groups in total. The summed E-state index contributed by atoms with van der Waals surface area (Å²) in [6, 6.07) is 8.13. The Morgan fingerprint density at radius 3 is 2.80 bits per heavy atom. The minimum atomic E-state index is -0.409. The molecule has 0 aliphatic rings. The molecule has 0 spiro atoms. The largest absolute Gasteiger partial charge is 0.467 e. The van der Waals surface area contributed by atoms with Gasteiger partial charge in [-0.2, -0.15) is 0 Å². The summed E-state index contributed by atoms with van der Waals surface area (Å²) >= 11 is 0. The Labute approximate surface area is 116 Å². The third-order valence-electron chi connectivity index (χ3n) is 2.93. The number of nitrogens with zero attached hydrogens (tertiary/aromatic N) is 1. The van der Waals surface area contributed by atoms with Gasteiger partial charge in [0.2, 0.25) is 0 Å². The predicted molar refractivity (Wildman–Crippen MR) is 71.9 cm³/mol. The minimum absolute atomic E-state index is 0.251. The van der Waals surface area contributed by atoms with Crippen molar-refractivity contribution >= 4 is 5.91 Å². The van der Waals surface area contributed by atoms with E-state index in [0.29, 0.717) is 30.0 Å². The van der Waals surface area contributed by atoms with E-state index in [1.807, 2.05) is 11.9 Å². The number of hydrogen-bond donors (Lipinski definition) is 2. The molecule has 1 aromatic carbocycles. The summed E-state index contributed by atoms with van der Waals surface area (Å²) in [5.74, 6) is 4.93. The Morgan fingerprint density at radius 2 is 2.10 bits per heavy atom. The smallest absolute Gasteiger partial charge is 0.268 e. The number of amides is 1. The maximum absolute atomic E-state index is 13.6. The second-order valence-corrected chi connectivity index (χ2v) is 4.49. The van der Waals surface area contributed by atoms with E-state index in [1.54, 1.807) is 24.3 Å². The molecule has 2 aromatic rings. The first-order valence-corrected chi connectivity index (χ1v) is 6.11. The summed E-state index contributed by atoms with van der Waals surface area (Å²) in [4.78, 5) is 13.4. The second kappa shape index (κ2) is 6.31. The normalized spacial score (nSPS) is 10.8. The van der Waals surface area contributed by atoms with Crippen LogP contribution in [0.1, 0.15) is 21.7 Å². The number of furan rings is 1. The van der Waals surface area contributed by atoms with Crippen molar-refractivity contribution in [1.29, 1.82) is 0 Å². The average molecular weight is 277 g/mol. The standard InChI is InChI=1S/C14H16FN3O2/c1-18(8-10-4-2-3-5-12(10)15)9-13-11(6-7-20-13)14(19)17-16/h2-7H,8-9,16H2,1H3,(H,17,19). The molecule has 5 nitrogen and oxygen atoms in total. The number of nitrogens with one attached hydrogen (secondary N) is 1. The first-order chi connectivity index (χ1) is 9.61. The van der Waals surface area contributed by atoms with Gasteiger partial charge in [0.05, 0.1) is 18.4 Å². The quantitative estimate of drug-likeness (QED) is 0.495. The van der Waals surface area contributed by atoms with Crippen molar-refractivity contribution in [3.05, 3.63) is 59.3 Å². The Bertz CT molecular complexity index is 598. The highest BCUT2D eigenvalue weighted by molar-refractivity contribution is 5.94. The molecule has 106 valence electrons. The zero-order valence-electron chi connectivity index (χ0n) is 11.1. The third-order valence-corrected chi connectivity index (χ3v) is 2.93. The summed E-state index contributed by atoms with van der Waals surface area (Å²) in [5.41, 5.74) is 3.03. The van der Waals surface area contributed by atoms with E-state index in [9.17, 15) is 9.18 Å². The van der Waals surface area contributed by atoms with E-state index in [1.165, 1.54) is 12.3 Å². The molecule has 1 heterocycles. The van der Waals surface area contributed by atoms with E-state index in [-0.39, 0.29) is 5.82 Å². The highest BCUT2D eigenvalue weighted by atomic mass is 19.1. The van der Waals surface area contributed by atoms with Crippen LogP contribution >= 0.6 is 0 Å². The lowest BCUT2D eigenvalue weighted by atomic mass is 10.2. The SMILES string of the molecule is CN(Cc1ccccc1F)Cc1occc1C(=O)NN. The lowest BCUT2D eigenvalue weighted by Gasteiger charge is -2.16. The van der Waals surface area contributed by atoms with Gasteiger partial charge in [-0.1, -0.05) is 18.2 Å². The average Bonchev–Trinajstić information content (AvgIpc) is 2.88. The summed E-state index contributed by atoms with van der Waals surface area (Å²) in [7, 11) is 1.82. The Hall–Kier alpha value is -2.18. The third kappa shape index (κ3) is 3.23. The lowest BCUT2D eigenvalue weighted by molar-refractivity contribution is 0.0950. The number of carbonyl (C=O) groups is 1. The number of halogens is 1. The van der Waals surface area contributed by atoms with Crippen molar-refractivity contribution < 1.29 is 13.6 Å². The maximum atomic E-state index is 13.6. The van der Waals surface area contributed by atoms with Crippen molar-refractivity contribution in [2.75, 3.05) is 7.05 Å². The fourth-order valence-corrected chi connectivity index (χ4v) is 1.96. The monoisotopic (exact) mass is 277 g/mol. The molecule has 1 amide bonds. The zero-order chi connectivity index (χ0) is 14.5. The van der Waals surface area contributed by atoms with E-state index in [2.05, 4.69) is 5.43 Å². The van der Waals surface area contributed by atoms with E-state index in [0.717, 1.165) is 0 Å². The molecule has 0 aliphatic heterocycles. The molecule has 0 saturated carbocycles. The number of carbonyl (C=O) groups excluding carboxylic acids is 1. The molecule has 1 aromatic heterocycles. The molecule has 0 aliphatic carbocycles. The van der Waals surface area contributed by atoms with Crippen LogP contribution in [-0.4, -0.2) is 17.9 Å². The van der Waals surface area contributed by atoms with Crippen molar-refractivity contribution in [3.8, 4) is 0 Å². The van der Waals surface area contributed by atoms with Gasteiger partial charge in [0.15, 0.2) is 0 Å². The number of nitrogens with two attached hydrogens (primary N) is 1. The van der Waals surface area contributed by atoms with Crippen LogP contribution in [0.25, 0.3) is 0 Å². The first-order valence-electron chi connectivity index (χ1n) is 6.11.